The van der Waals surface area contributed by atoms with Crippen molar-refractivity contribution in [2.24, 2.45) is 0 Å². The Morgan fingerprint density at radius 2 is 1.76 bits per heavy atom. The molecule has 4 rings (SSSR count). The van der Waals surface area contributed by atoms with Gasteiger partial charge in [-0.1, -0.05) is 30.3 Å². The molecule has 1 saturated heterocycles. The molecule has 38 heavy (non-hydrogen) atoms. The molecule has 1 aliphatic rings. The predicted molar refractivity (Wildman–Crippen MR) is 130 cm³/mol. The molecule has 1 fully saturated rings. The van der Waals surface area contributed by atoms with Gasteiger partial charge in [0, 0.05) is 27.3 Å². The maximum atomic E-state index is 12.0. The van der Waals surface area contributed by atoms with E-state index in [4.69, 9.17) is 18.9 Å². The standard InChI is InChI=1S/C25H26N6O7/c1-14(32)35-12-18-21(36-15(2)33)22(37-16(3)34)25(38-18)31-13-28-20-23(29-19(11-26)30-24(20)31)27-10-9-17-7-5-4-6-8-17/h4-8,13,18,21-22,25H,9-10,12H2,1-3H3,(H,27,29,30)/t18-,21-,22-,25-/m1/s1. The van der Waals surface area contributed by atoms with Crippen LogP contribution in [0.25, 0.3) is 11.2 Å². The number of hydrogen-bond acceptors (Lipinski definition) is 12. The van der Waals surface area contributed by atoms with E-state index in [0.717, 1.165) is 5.56 Å². The minimum Gasteiger partial charge on any atom is -0.463 e. The largest absolute Gasteiger partial charge is 0.463 e. The molecule has 0 radical (unpaired) electrons. The van der Waals surface area contributed by atoms with Gasteiger partial charge in [-0.15, -0.1) is 0 Å². The van der Waals surface area contributed by atoms with E-state index in [1.54, 1.807) is 0 Å². The molecule has 0 amide bonds. The monoisotopic (exact) mass is 522 g/mol. The molecule has 13 heteroatoms. The zero-order valence-electron chi connectivity index (χ0n) is 21.0. The van der Waals surface area contributed by atoms with Crippen molar-refractivity contribution < 1.29 is 33.3 Å². The highest BCUT2D eigenvalue weighted by Gasteiger charge is 2.51. The lowest BCUT2D eigenvalue weighted by molar-refractivity contribution is -0.166. The van der Waals surface area contributed by atoms with Crippen molar-refractivity contribution in [2.75, 3.05) is 18.5 Å². The summed E-state index contributed by atoms with van der Waals surface area (Å²) >= 11 is 0. The number of esters is 3. The van der Waals surface area contributed by atoms with Crippen LogP contribution in [0.1, 0.15) is 38.4 Å². The van der Waals surface area contributed by atoms with E-state index in [9.17, 15) is 19.6 Å². The summed E-state index contributed by atoms with van der Waals surface area (Å²) < 4.78 is 23.5. The van der Waals surface area contributed by atoms with Crippen molar-refractivity contribution in [3.63, 3.8) is 0 Å². The molecular formula is C25H26N6O7. The smallest absolute Gasteiger partial charge is 0.303 e. The Balaban J connectivity index is 1.68. The highest BCUT2D eigenvalue weighted by atomic mass is 16.7. The number of carbonyl (C=O) groups is 3. The summed E-state index contributed by atoms with van der Waals surface area (Å²) in [6, 6.07) is 11.8. The number of fused-ring (bicyclic) bond motifs is 1. The molecule has 0 bridgehead atoms. The van der Waals surface area contributed by atoms with Crippen LogP contribution in [0.4, 0.5) is 5.82 Å². The van der Waals surface area contributed by atoms with E-state index in [2.05, 4.69) is 20.3 Å². The molecular weight excluding hydrogens is 496 g/mol. The van der Waals surface area contributed by atoms with E-state index in [0.29, 0.717) is 24.3 Å². The van der Waals surface area contributed by atoms with Gasteiger partial charge in [0.15, 0.2) is 35.4 Å². The summed E-state index contributed by atoms with van der Waals surface area (Å²) in [7, 11) is 0. The number of rotatable bonds is 9. The number of anilines is 1. The summed E-state index contributed by atoms with van der Waals surface area (Å²) in [6.07, 6.45) is -2.11. The van der Waals surface area contributed by atoms with Gasteiger partial charge in [-0.3, -0.25) is 19.0 Å². The van der Waals surface area contributed by atoms with Gasteiger partial charge in [-0.05, 0) is 12.0 Å². The molecule has 1 aliphatic heterocycles. The maximum Gasteiger partial charge on any atom is 0.303 e. The number of hydrogen-bond donors (Lipinski definition) is 1. The maximum absolute atomic E-state index is 12.0. The number of nitriles is 1. The van der Waals surface area contributed by atoms with Gasteiger partial charge < -0.3 is 24.3 Å². The first-order chi connectivity index (χ1) is 18.3. The Morgan fingerprint density at radius 3 is 2.42 bits per heavy atom. The summed E-state index contributed by atoms with van der Waals surface area (Å²) in [4.78, 5) is 48.2. The van der Waals surface area contributed by atoms with E-state index in [1.807, 2.05) is 36.4 Å². The van der Waals surface area contributed by atoms with Gasteiger partial charge in [-0.25, -0.2) is 4.98 Å². The SMILES string of the molecule is CC(=O)OC[C@H]1O[C@@H](n2cnc3c(NCCc4ccccc4)nc(C#N)nc32)[C@H](OC(C)=O)[C@@H]1OC(C)=O. The van der Waals surface area contributed by atoms with Crippen LogP contribution < -0.4 is 5.32 Å². The van der Waals surface area contributed by atoms with Crippen molar-refractivity contribution in [1.29, 1.82) is 5.26 Å². The zero-order chi connectivity index (χ0) is 27.2. The second kappa shape index (κ2) is 11.7. The average molecular weight is 523 g/mol. The molecule has 3 aromatic rings. The number of ether oxygens (including phenoxy) is 4. The van der Waals surface area contributed by atoms with Gasteiger partial charge in [0.05, 0.1) is 6.33 Å². The summed E-state index contributed by atoms with van der Waals surface area (Å²) in [6.45, 7) is 3.90. The number of carbonyl (C=O) groups excluding carboxylic acids is 3. The fraction of sp³-hybridized carbons (Fsp3) is 0.400. The van der Waals surface area contributed by atoms with Crippen LogP contribution in [0.3, 0.4) is 0 Å². The lowest BCUT2D eigenvalue weighted by atomic mass is 10.1. The molecule has 0 aliphatic carbocycles. The first-order valence-corrected chi connectivity index (χ1v) is 11.8. The van der Waals surface area contributed by atoms with E-state index in [-0.39, 0.29) is 18.1 Å². The molecule has 1 aromatic carbocycles. The van der Waals surface area contributed by atoms with Gasteiger partial charge >= 0.3 is 17.9 Å². The molecule has 13 nitrogen and oxygen atoms in total. The van der Waals surface area contributed by atoms with Crippen molar-refractivity contribution in [3.8, 4) is 6.07 Å². The number of imidazole rings is 1. The van der Waals surface area contributed by atoms with Crippen LogP contribution in [0.2, 0.25) is 0 Å². The van der Waals surface area contributed by atoms with Gasteiger partial charge in [0.2, 0.25) is 5.82 Å². The quantitative estimate of drug-likeness (QED) is 0.319. The first kappa shape index (κ1) is 26.5. The molecule has 0 spiro atoms. The molecule has 0 saturated carbocycles. The molecule has 0 unspecified atom stereocenters. The Morgan fingerprint density at radius 1 is 1.05 bits per heavy atom. The summed E-state index contributed by atoms with van der Waals surface area (Å²) in [5, 5.41) is 12.8. The first-order valence-electron chi connectivity index (χ1n) is 11.8. The highest BCUT2D eigenvalue weighted by molar-refractivity contribution is 5.83. The van der Waals surface area contributed by atoms with Crippen LogP contribution >= 0.6 is 0 Å². The molecule has 1 N–H and O–H groups in total. The minimum atomic E-state index is -1.12. The van der Waals surface area contributed by atoms with Crippen molar-refractivity contribution >= 4 is 34.9 Å². The predicted octanol–water partition coefficient (Wildman–Crippen LogP) is 1.68. The Bertz CT molecular complexity index is 1370. The van der Waals surface area contributed by atoms with E-state index < -0.39 is 42.4 Å². The van der Waals surface area contributed by atoms with Crippen LogP contribution in [0.5, 0.6) is 0 Å². The zero-order valence-corrected chi connectivity index (χ0v) is 21.0. The Hall–Kier alpha value is -4.57. The molecule has 2 aromatic heterocycles. The number of nitrogens with zero attached hydrogens (tertiary/aromatic N) is 5. The number of nitrogens with one attached hydrogen (secondary N) is 1. The summed E-state index contributed by atoms with van der Waals surface area (Å²) in [5.74, 6) is -1.62. The Kier molecular flexibility index (Phi) is 8.12. The van der Waals surface area contributed by atoms with Crippen LogP contribution in [0.15, 0.2) is 36.7 Å². The molecule has 198 valence electrons. The third-order valence-corrected chi connectivity index (χ3v) is 5.68. The molecule has 4 atom stereocenters. The highest BCUT2D eigenvalue weighted by Crippen LogP contribution is 2.36. The van der Waals surface area contributed by atoms with Gasteiger partial charge in [0.25, 0.3) is 0 Å². The fourth-order valence-electron chi connectivity index (χ4n) is 4.16. The second-order valence-corrected chi connectivity index (χ2v) is 8.51. The van der Waals surface area contributed by atoms with E-state index in [1.165, 1.54) is 31.7 Å². The van der Waals surface area contributed by atoms with Gasteiger partial charge in [-0.2, -0.15) is 15.2 Å². The van der Waals surface area contributed by atoms with Crippen molar-refractivity contribution in [1.82, 2.24) is 19.5 Å². The third kappa shape index (κ3) is 6.04. The lowest BCUT2D eigenvalue weighted by Crippen LogP contribution is -2.40. The Labute approximate surface area is 217 Å². The lowest BCUT2D eigenvalue weighted by Gasteiger charge is -2.23. The summed E-state index contributed by atoms with van der Waals surface area (Å²) in [5.41, 5.74) is 1.71. The van der Waals surface area contributed by atoms with Crippen LogP contribution in [0, 0.1) is 11.3 Å². The van der Waals surface area contributed by atoms with Gasteiger partial charge in [0.1, 0.15) is 18.8 Å². The van der Waals surface area contributed by atoms with E-state index >= 15 is 0 Å². The van der Waals surface area contributed by atoms with Crippen molar-refractivity contribution in [3.05, 3.63) is 48.0 Å². The topological polar surface area (TPSA) is 168 Å². The van der Waals surface area contributed by atoms with Crippen molar-refractivity contribution in [2.45, 2.75) is 51.7 Å². The second-order valence-electron chi connectivity index (χ2n) is 8.51. The van der Waals surface area contributed by atoms with Crippen LogP contribution in [-0.4, -0.2) is 68.9 Å². The minimum absolute atomic E-state index is 0.114. The number of benzene rings is 1. The normalized spacial score (nSPS) is 20.5. The third-order valence-electron chi connectivity index (χ3n) is 5.68. The number of aromatic nitrogens is 4. The molecule has 3 heterocycles. The average Bonchev–Trinajstić information content (AvgIpc) is 3.44. The fourth-order valence-corrected chi connectivity index (χ4v) is 4.16. The van der Waals surface area contributed by atoms with Crippen LogP contribution in [-0.2, 0) is 39.8 Å².